The molecule has 5 heteroatoms. The van der Waals surface area contributed by atoms with Crippen LogP contribution < -0.4 is 5.32 Å². The van der Waals surface area contributed by atoms with Gasteiger partial charge in [0, 0.05) is 17.1 Å². The number of carbonyl (C=O) groups is 2. The number of anilines is 1. The molecule has 102 valence electrons. The van der Waals surface area contributed by atoms with Crippen molar-refractivity contribution in [2.45, 2.75) is 5.88 Å². The van der Waals surface area contributed by atoms with E-state index in [4.69, 9.17) is 16.7 Å². The van der Waals surface area contributed by atoms with Crippen molar-refractivity contribution in [1.29, 1.82) is 0 Å². The summed E-state index contributed by atoms with van der Waals surface area (Å²) in [7, 11) is 0. The van der Waals surface area contributed by atoms with Gasteiger partial charge in [0.25, 0.3) is 5.91 Å². The van der Waals surface area contributed by atoms with Gasteiger partial charge in [0.05, 0.1) is 5.56 Å². The summed E-state index contributed by atoms with van der Waals surface area (Å²) in [6, 6.07) is 13.0. The maximum atomic E-state index is 12.1. The van der Waals surface area contributed by atoms with Crippen molar-refractivity contribution in [3.05, 3.63) is 65.2 Å². The van der Waals surface area contributed by atoms with Gasteiger partial charge < -0.3 is 10.4 Å². The molecule has 0 aliphatic carbocycles. The molecule has 0 heterocycles. The molecule has 0 unspecified atom stereocenters. The maximum Gasteiger partial charge on any atom is 0.335 e. The fraction of sp³-hybridized carbons (Fsp3) is 0.0667. The number of carboxylic acids is 1. The molecule has 0 radical (unpaired) electrons. The van der Waals surface area contributed by atoms with E-state index in [2.05, 4.69) is 5.32 Å². The summed E-state index contributed by atoms with van der Waals surface area (Å²) < 4.78 is 0. The first-order valence-electron chi connectivity index (χ1n) is 5.90. The zero-order valence-electron chi connectivity index (χ0n) is 10.5. The van der Waals surface area contributed by atoms with E-state index in [9.17, 15) is 9.59 Å². The molecule has 2 rings (SSSR count). The summed E-state index contributed by atoms with van der Waals surface area (Å²) in [5, 5.41) is 11.6. The van der Waals surface area contributed by atoms with Crippen LogP contribution in [-0.2, 0) is 5.88 Å². The molecule has 0 spiro atoms. The molecular formula is C15H12ClNO3. The number of aromatic carboxylic acids is 1. The van der Waals surface area contributed by atoms with Crippen molar-refractivity contribution in [1.82, 2.24) is 0 Å². The summed E-state index contributed by atoms with van der Waals surface area (Å²) in [6.07, 6.45) is 0. The Labute approximate surface area is 121 Å². The number of hydrogen-bond acceptors (Lipinski definition) is 2. The zero-order chi connectivity index (χ0) is 14.5. The molecule has 4 nitrogen and oxygen atoms in total. The molecule has 0 saturated carbocycles. The van der Waals surface area contributed by atoms with E-state index in [0.29, 0.717) is 17.1 Å². The Bertz CT molecular complexity index is 655. The van der Waals surface area contributed by atoms with Gasteiger partial charge in [0.15, 0.2) is 0 Å². The normalized spacial score (nSPS) is 10.1. The lowest BCUT2D eigenvalue weighted by atomic mass is 10.1. The number of amides is 1. The van der Waals surface area contributed by atoms with E-state index < -0.39 is 5.97 Å². The van der Waals surface area contributed by atoms with Gasteiger partial charge >= 0.3 is 5.97 Å². The summed E-state index contributed by atoms with van der Waals surface area (Å²) >= 11 is 5.72. The van der Waals surface area contributed by atoms with Crippen molar-refractivity contribution in [2.75, 3.05) is 5.32 Å². The quantitative estimate of drug-likeness (QED) is 0.848. The fourth-order valence-electron chi connectivity index (χ4n) is 1.73. The molecule has 0 aliphatic heterocycles. The molecule has 1 amide bonds. The van der Waals surface area contributed by atoms with Crippen LogP contribution in [0.25, 0.3) is 0 Å². The van der Waals surface area contributed by atoms with Crippen molar-refractivity contribution in [3.8, 4) is 0 Å². The highest BCUT2D eigenvalue weighted by molar-refractivity contribution is 6.17. The highest BCUT2D eigenvalue weighted by atomic mass is 35.5. The Morgan fingerprint density at radius 3 is 2.45 bits per heavy atom. The van der Waals surface area contributed by atoms with Gasteiger partial charge in [0.1, 0.15) is 0 Å². The molecular weight excluding hydrogens is 278 g/mol. The van der Waals surface area contributed by atoms with Crippen LogP contribution in [0.3, 0.4) is 0 Å². The molecule has 0 fully saturated rings. The number of benzene rings is 2. The van der Waals surface area contributed by atoms with Gasteiger partial charge in [0.2, 0.25) is 0 Å². The van der Waals surface area contributed by atoms with Gasteiger partial charge in [-0.2, -0.15) is 0 Å². The van der Waals surface area contributed by atoms with Crippen LogP contribution in [0.15, 0.2) is 48.5 Å². The molecule has 0 aliphatic rings. The van der Waals surface area contributed by atoms with Crippen molar-refractivity contribution in [2.24, 2.45) is 0 Å². The molecule has 2 N–H and O–H groups in total. The predicted octanol–water partition coefficient (Wildman–Crippen LogP) is 3.38. The van der Waals surface area contributed by atoms with Crippen LogP contribution in [0.4, 0.5) is 5.69 Å². The van der Waals surface area contributed by atoms with Gasteiger partial charge in [-0.3, -0.25) is 4.79 Å². The van der Waals surface area contributed by atoms with Gasteiger partial charge in [-0.05, 0) is 35.9 Å². The Morgan fingerprint density at radius 2 is 1.75 bits per heavy atom. The van der Waals surface area contributed by atoms with Gasteiger partial charge in [-0.25, -0.2) is 4.79 Å². The fourth-order valence-corrected chi connectivity index (χ4v) is 1.90. The summed E-state index contributed by atoms with van der Waals surface area (Å²) in [4.78, 5) is 22.9. The molecule has 2 aromatic carbocycles. The van der Waals surface area contributed by atoms with Crippen molar-refractivity contribution >= 4 is 29.2 Å². The number of alkyl halides is 1. The highest BCUT2D eigenvalue weighted by Gasteiger charge is 2.08. The monoisotopic (exact) mass is 289 g/mol. The lowest BCUT2D eigenvalue weighted by Crippen LogP contribution is -2.12. The number of nitrogens with one attached hydrogen (secondary N) is 1. The lowest BCUT2D eigenvalue weighted by molar-refractivity contribution is 0.0696. The summed E-state index contributed by atoms with van der Waals surface area (Å²) in [5.41, 5.74) is 1.88. The van der Waals surface area contributed by atoms with E-state index in [0.717, 1.165) is 5.56 Å². The minimum absolute atomic E-state index is 0.123. The van der Waals surface area contributed by atoms with E-state index in [1.807, 2.05) is 6.07 Å². The second kappa shape index (κ2) is 6.21. The smallest absolute Gasteiger partial charge is 0.335 e. The molecule has 0 aromatic heterocycles. The van der Waals surface area contributed by atoms with Crippen LogP contribution in [0.5, 0.6) is 0 Å². The average Bonchev–Trinajstić information content (AvgIpc) is 2.47. The van der Waals surface area contributed by atoms with Crippen LogP contribution in [0.1, 0.15) is 26.3 Å². The molecule has 2 aromatic rings. The number of halogens is 1. The Kier molecular flexibility index (Phi) is 4.38. The molecule has 0 atom stereocenters. The first kappa shape index (κ1) is 14.1. The van der Waals surface area contributed by atoms with Crippen molar-refractivity contribution < 1.29 is 14.7 Å². The van der Waals surface area contributed by atoms with Crippen LogP contribution in [-0.4, -0.2) is 17.0 Å². The SMILES string of the molecule is O=C(O)c1cccc(NC(=O)c2cccc(CCl)c2)c1. The van der Waals surface area contributed by atoms with E-state index in [-0.39, 0.29) is 11.5 Å². The minimum atomic E-state index is -1.04. The third-order valence-corrected chi connectivity index (χ3v) is 3.02. The second-order valence-electron chi connectivity index (χ2n) is 4.17. The van der Waals surface area contributed by atoms with Gasteiger partial charge in [-0.15, -0.1) is 11.6 Å². The second-order valence-corrected chi connectivity index (χ2v) is 4.44. The van der Waals surface area contributed by atoms with E-state index in [1.54, 1.807) is 30.3 Å². The topological polar surface area (TPSA) is 66.4 Å². The van der Waals surface area contributed by atoms with E-state index in [1.165, 1.54) is 12.1 Å². The number of carboxylic acid groups (broad SMARTS) is 1. The van der Waals surface area contributed by atoms with E-state index >= 15 is 0 Å². The summed E-state index contributed by atoms with van der Waals surface area (Å²) in [5.74, 6) is -1.01. The van der Waals surface area contributed by atoms with Crippen molar-refractivity contribution in [3.63, 3.8) is 0 Å². The third-order valence-electron chi connectivity index (χ3n) is 2.71. The summed E-state index contributed by atoms with van der Waals surface area (Å²) in [6.45, 7) is 0. The standard InChI is InChI=1S/C15H12ClNO3/c16-9-10-3-1-4-11(7-10)14(18)17-13-6-2-5-12(8-13)15(19)20/h1-8H,9H2,(H,17,18)(H,19,20). The number of carbonyl (C=O) groups excluding carboxylic acids is 1. The lowest BCUT2D eigenvalue weighted by Gasteiger charge is -2.07. The van der Waals surface area contributed by atoms with Crippen LogP contribution >= 0.6 is 11.6 Å². The third kappa shape index (κ3) is 3.36. The largest absolute Gasteiger partial charge is 0.478 e. The highest BCUT2D eigenvalue weighted by Crippen LogP contribution is 2.14. The maximum absolute atomic E-state index is 12.1. The Hall–Kier alpha value is -2.33. The Morgan fingerprint density at radius 1 is 1.05 bits per heavy atom. The predicted molar refractivity (Wildman–Crippen MR) is 77.4 cm³/mol. The first-order chi connectivity index (χ1) is 9.60. The minimum Gasteiger partial charge on any atom is -0.478 e. The average molecular weight is 290 g/mol. The molecule has 0 bridgehead atoms. The van der Waals surface area contributed by atoms with Crippen LogP contribution in [0.2, 0.25) is 0 Å². The molecule has 0 saturated heterocycles. The van der Waals surface area contributed by atoms with Gasteiger partial charge in [-0.1, -0.05) is 18.2 Å². The van der Waals surface area contributed by atoms with Crippen LogP contribution in [0, 0.1) is 0 Å². The zero-order valence-corrected chi connectivity index (χ0v) is 11.2. The number of rotatable bonds is 4. The Balaban J connectivity index is 2.18. The molecule has 20 heavy (non-hydrogen) atoms. The first-order valence-corrected chi connectivity index (χ1v) is 6.43. The number of hydrogen-bond donors (Lipinski definition) is 2.